The maximum atomic E-state index is 13.9. The summed E-state index contributed by atoms with van der Waals surface area (Å²) in [7, 11) is 2.04. The molecule has 2 N–H and O–H groups in total. The Morgan fingerprint density at radius 2 is 1.69 bits per heavy atom. The average Bonchev–Trinajstić information content (AvgIpc) is 2.57. The number of primary amides is 1. The lowest BCUT2D eigenvalue weighted by Gasteiger charge is -2.29. The lowest BCUT2D eigenvalue weighted by Crippen LogP contribution is -2.35. The van der Waals surface area contributed by atoms with Gasteiger partial charge in [0.1, 0.15) is 29.3 Å². The lowest BCUT2D eigenvalue weighted by molar-refractivity contribution is -0.106. The second-order valence-corrected chi connectivity index (χ2v) is 6.03. The van der Waals surface area contributed by atoms with E-state index in [1.807, 2.05) is 7.05 Å². The molecule has 0 saturated carbocycles. The minimum atomic E-state index is -0.721. The number of ether oxygens (including phenoxy) is 1. The van der Waals surface area contributed by atoms with Crippen LogP contribution in [0.2, 0.25) is 0 Å². The van der Waals surface area contributed by atoms with Crippen LogP contribution in [0.1, 0.15) is 12.8 Å². The van der Waals surface area contributed by atoms with Crippen molar-refractivity contribution in [3.8, 4) is 16.9 Å². The molecule has 140 valence electrons. The molecule has 1 fully saturated rings. The van der Waals surface area contributed by atoms with Gasteiger partial charge in [-0.3, -0.25) is 4.79 Å². The molecule has 3 rings (SSSR count). The summed E-state index contributed by atoms with van der Waals surface area (Å²) >= 11 is 0. The fourth-order valence-corrected chi connectivity index (χ4v) is 2.84. The number of carbonyl (C=O) groups excluding carboxylic acids is 1. The summed E-state index contributed by atoms with van der Waals surface area (Å²) in [5.74, 6) is -1.72. The fraction of sp³-hybridized carbons (Fsp3) is 0.316. The number of rotatable bonds is 3. The van der Waals surface area contributed by atoms with E-state index in [0.29, 0.717) is 5.75 Å². The summed E-state index contributed by atoms with van der Waals surface area (Å²) in [6.45, 7) is 1.82. The third-order valence-electron chi connectivity index (χ3n) is 4.09. The number of piperidine rings is 1. The van der Waals surface area contributed by atoms with Crippen LogP contribution >= 0.6 is 0 Å². The maximum Gasteiger partial charge on any atom is 0.204 e. The van der Waals surface area contributed by atoms with E-state index in [9.17, 15) is 13.2 Å². The van der Waals surface area contributed by atoms with Gasteiger partial charge in [0, 0.05) is 19.2 Å². The van der Waals surface area contributed by atoms with Crippen LogP contribution in [0.15, 0.2) is 36.4 Å². The number of carbonyl (C=O) groups is 1. The molecule has 1 saturated heterocycles. The number of benzene rings is 2. The molecule has 2 aromatic carbocycles. The van der Waals surface area contributed by atoms with Crippen LogP contribution in [0.5, 0.6) is 5.75 Å². The molecule has 0 aliphatic carbocycles. The zero-order chi connectivity index (χ0) is 19.1. The molecule has 0 spiro atoms. The van der Waals surface area contributed by atoms with Crippen LogP contribution < -0.4 is 10.5 Å². The molecular weight excluding hydrogens is 345 g/mol. The molecule has 7 heteroatoms. The fourth-order valence-electron chi connectivity index (χ4n) is 2.84. The Morgan fingerprint density at radius 3 is 2.27 bits per heavy atom. The van der Waals surface area contributed by atoms with E-state index in [0.717, 1.165) is 44.1 Å². The van der Waals surface area contributed by atoms with Crippen molar-refractivity contribution >= 4 is 6.41 Å². The van der Waals surface area contributed by atoms with Crippen molar-refractivity contribution < 1.29 is 22.7 Å². The first kappa shape index (κ1) is 19.8. The van der Waals surface area contributed by atoms with Crippen molar-refractivity contribution in [3.05, 3.63) is 53.8 Å². The van der Waals surface area contributed by atoms with E-state index in [4.69, 9.17) is 9.53 Å². The minimum absolute atomic E-state index is 0.00804. The van der Waals surface area contributed by atoms with Crippen LogP contribution in [-0.4, -0.2) is 37.6 Å². The van der Waals surface area contributed by atoms with Gasteiger partial charge in [0.2, 0.25) is 6.41 Å². The summed E-state index contributed by atoms with van der Waals surface area (Å²) < 4.78 is 47.5. The van der Waals surface area contributed by atoms with E-state index in [1.54, 1.807) is 0 Å². The van der Waals surface area contributed by atoms with Crippen molar-refractivity contribution in [2.75, 3.05) is 20.1 Å². The van der Waals surface area contributed by atoms with Gasteiger partial charge < -0.3 is 15.4 Å². The molecule has 0 unspecified atom stereocenters. The van der Waals surface area contributed by atoms with Crippen LogP contribution in [0.3, 0.4) is 0 Å². The van der Waals surface area contributed by atoms with Crippen molar-refractivity contribution in [3.63, 3.8) is 0 Å². The summed E-state index contributed by atoms with van der Waals surface area (Å²) in [6, 6.07) is 7.44. The third-order valence-corrected chi connectivity index (χ3v) is 4.09. The Morgan fingerprint density at radius 1 is 1.12 bits per heavy atom. The predicted octanol–water partition coefficient (Wildman–Crippen LogP) is 3.35. The maximum absolute atomic E-state index is 13.9. The Bertz CT molecular complexity index is 727. The largest absolute Gasteiger partial charge is 0.490 e. The highest BCUT2D eigenvalue weighted by molar-refractivity contribution is 5.66. The van der Waals surface area contributed by atoms with Gasteiger partial charge in [-0.25, -0.2) is 13.2 Å². The normalized spacial score (nSPS) is 15.1. The van der Waals surface area contributed by atoms with E-state index in [2.05, 4.69) is 10.6 Å². The molecule has 0 radical (unpaired) electrons. The number of hydrogen-bond donors (Lipinski definition) is 1. The molecular formula is C19H21F3N2O2. The van der Waals surface area contributed by atoms with E-state index >= 15 is 0 Å². The molecule has 0 aromatic heterocycles. The van der Waals surface area contributed by atoms with Gasteiger partial charge in [-0.05, 0) is 49.7 Å². The molecule has 0 bridgehead atoms. The second-order valence-electron chi connectivity index (χ2n) is 6.03. The zero-order valence-corrected chi connectivity index (χ0v) is 14.4. The first-order chi connectivity index (χ1) is 12.4. The lowest BCUT2D eigenvalue weighted by atomic mass is 10.0. The number of nitrogens with two attached hydrogens (primary N) is 1. The minimum Gasteiger partial charge on any atom is -0.490 e. The number of halogens is 3. The van der Waals surface area contributed by atoms with Gasteiger partial charge in [0.25, 0.3) is 0 Å². The standard InChI is InChI=1S/C18H18F3NO.CH3NO/c1-22-7-5-14(6-8-22)23-15-10-12(9-13(19)11-15)18-16(20)3-2-4-17(18)21;2-1-3/h2-4,9-11,14H,5-8H2,1H3;1H,(H2,2,3). The highest BCUT2D eigenvalue weighted by atomic mass is 19.1. The van der Waals surface area contributed by atoms with E-state index in [1.165, 1.54) is 18.2 Å². The monoisotopic (exact) mass is 366 g/mol. The molecule has 2 aromatic rings. The summed E-state index contributed by atoms with van der Waals surface area (Å²) in [5, 5.41) is 0. The summed E-state index contributed by atoms with van der Waals surface area (Å²) in [4.78, 5) is 10.8. The van der Waals surface area contributed by atoms with Crippen molar-refractivity contribution in [2.24, 2.45) is 5.73 Å². The van der Waals surface area contributed by atoms with Crippen LogP contribution in [-0.2, 0) is 4.79 Å². The smallest absolute Gasteiger partial charge is 0.204 e. The highest BCUT2D eigenvalue weighted by Crippen LogP contribution is 2.31. The Hall–Kier alpha value is -2.54. The number of amides is 1. The van der Waals surface area contributed by atoms with Crippen molar-refractivity contribution in [2.45, 2.75) is 18.9 Å². The quantitative estimate of drug-likeness (QED) is 0.848. The average molecular weight is 366 g/mol. The molecule has 0 atom stereocenters. The second kappa shape index (κ2) is 9.24. The number of likely N-dealkylation sites (tertiary alicyclic amines) is 1. The van der Waals surface area contributed by atoms with Gasteiger partial charge in [-0.1, -0.05) is 6.07 Å². The first-order valence-corrected chi connectivity index (χ1v) is 8.20. The number of hydrogen-bond acceptors (Lipinski definition) is 3. The molecule has 26 heavy (non-hydrogen) atoms. The Labute approximate surface area is 150 Å². The van der Waals surface area contributed by atoms with Crippen molar-refractivity contribution in [1.82, 2.24) is 4.90 Å². The van der Waals surface area contributed by atoms with Gasteiger partial charge in [-0.2, -0.15) is 0 Å². The Kier molecular flexibility index (Phi) is 7.03. The van der Waals surface area contributed by atoms with Gasteiger partial charge in [0.05, 0.1) is 5.56 Å². The first-order valence-electron chi connectivity index (χ1n) is 8.20. The van der Waals surface area contributed by atoms with Gasteiger partial charge in [-0.15, -0.1) is 0 Å². The highest BCUT2D eigenvalue weighted by Gasteiger charge is 2.19. The van der Waals surface area contributed by atoms with Gasteiger partial charge >= 0.3 is 0 Å². The zero-order valence-electron chi connectivity index (χ0n) is 14.4. The predicted molar refractivity (Wildman–Crippen MR) is 93.2 cm³/mol. The number of nitrogens with zero attached hydrogens (tertiary/aromatic N) is 1. The topological polar surface area (TPSA) is 55.6 Å². The van der Waals surface area contributed by atoms with Crippen LogP contribution in [0.4, 0.5) is 13.2 Å². The van der Waals surface area contributed by atoms with Gasteiger partial charge in [0.15, 0.2) is 0 Å². The van der Waals surface area contributed by atoms with Crippen LogP contribution in [0, 0.1) is 17.5 Å². The van der Waals surface area contributed by atoms with E-state index in [-0.39, 0.29) is 23.6 Å². The Balaban J connectivity index is 0.000000758. The van der Waals surface area contributed by atoms with Crippen molar-refractivity contribution in [1.29, 1.82) is 0 Å². The molecule has 4 nitrogen and oxygen atoms in total. The van der Waals surface area contributed by atoms with E-state index < -0.39 is 17.5 Å². The molecule has 1 amide bonds. The summed E-state index contributed by atoms with van der Waals surface area (Å²) in [6.07, 6.45) is 1.93. The molecule has 1 heterocycles. The molecule has 1 aliphatic heterocycles. The van der Waals surface area contributed by atoms with Crippen LogP contribution in [0.25, 0.3) is 11.1 Å². The molecule has 1 aliphatic rings. The SMILES string of the molecule is CN1CCC(Oc2cc(F)cc(-c3c(F)cccc3F)c2)CC1.NC=O. The third kappa shape index (κ3) is 5.23. The summed E-state index contributed by atoms with van der Waals surface area (Å²) in [5.41, 5.74) is 4.07.